The number of imide groups is 1. The van der Waals surface area contributed by atoms with Gasteiger partial charge in [0.1, 0.15) is 0 Å². The number of rotatable bonds is 5. The smallest absolute Gasteiger partial charge is 0.293 e. The van der Waals surface area contributed by atoms with Crippen LogP contribution >= 0.6 is 35.0 Å². The molecule has 8 heteroatoms. The quantitative estimate of drug-likeness (QED) is 0.614. The number of thioether (sulfide) groups is 1. The van der Waals surface area contributed by atoms with Gasteiger partial charge in [0.25, 0.3) is 11.1 Å². The van der Waals surface area contributed by atoms with Gasteiger partial charge in [0, 0.05) is 11.1 Å². The summed E-state index contributed by atoms with van der Waals surface area (Å²) in [5.74, 6) is 0.592. The standard InChI is InChI=1S/C19H15Cl2NO4S/c1-25-15-7-12(14(21)9-16(15)26-2)8-17-18(23)22(19(24)27-17)10-11-3-5-13(20)6-4-11/h3-9H,10H2,1-2H3/b17-8-. The van der Waals surface area contributed by atoms with Crippen molar-refractivity contribution in [1.82, 2.24) is 4.90 Å². The second-order valence-electron chi connectivity index (χ2n) is 5.62. The summed E-state index contributed by atoms with van der Waals surface area (Å²) in [5, 5.41) is 0.644. The fourth-order valence-electron chi connectivity index (χ4n) is 2.53. The van der Waals surface area contributed by atoms with Gasteiger partial charge in [0.15, 0.2) is 11.5 Å². The van der Waals surface area contributed by atoms with Crippen molar-refractivity contribution < 1.29 is 19.1 Å². The van der Waals surface area contributed by atoms with Gasteiger partial charge in [-0.3, -0.25) is 14.5 Å². The first-order valence-electron chi connectivity index (χ1n) is 7.84. The van der Waals surface area contributed by atoms with Crippen molar-refractivity contribution in [3.8, 4) is 11.5 Å². The zero-order valence-corrected chi connectivity index (χ0v) is 16.8. The lowest BCUT2D eigenvalue weighted by Gasteiger charge is -2.12. The fourth-order valence-corrected chi connectivity index (χ4v) is 3.69. The molecule has 0 spiro atoms. The maximum atomic E-state index is 12.7. The number of carbonyl (C=O) groups excluding carboxylic acids is 2. The molecule has 1 heterocycles. The number of halogens is 2. The van der Waals surface area contributed by atoms with Crippen LogP contribution in [0.1, 0.15) is 11.1 Å². The molecule has 0 unspecified atom stereocenters. The Hall–Kier alpha value is -2.15. The molecule has 1 saturated heterocycles. The Morgan fingerprint density at radius 3 is 2.30 bits per heavy atom. The van der Waals surface area contributed by atoms with Crippen LogP contribution in [-0.2, 0) is 11.3 Å². The number of methoxy groups -OCH3 is 2. The first kappa shape index (κ1) is 19.6. The maximum absolute atomic E-state index is 12.7. The van der Waals surface area contributed by atoms with Crippen LogP contribution in [0.2, 0.25) is 10.0 Å². The van der Waals surface area contributed by atoms with Crippen LogP contribution in [0.15, 0.2) is 41.3 Å². The van der Waals surface area contributed by atoms with Crippen LogP contribution in [0.4, 0.5) is 4.79 Å². The van der Waals surface area contributed by atoms with E-state index in [1.54, 1.807) is 42.5 Å². The molecule has 140 valence electrons. The molecule has 0 atom stereocenters. The molecular formula is C19H15Cl2NO4S. The third-order valence-corrected chi connectivity index (χ3v) is 5.40. The number of hydrogen-bond donors (Lipinski definition) is 0. The molecule has 27 heavy (non-hydrogen) atoms. The van der Waals surface area contributed by atoms with Gasteiger partial charge in [-0.05, 0) is 47.2 Å². The zero-order valence-electron chi connectivity index (χ0n) is 14.5. The average molecular weight is 424 g/mol. The number of benzene rings is 2. The van der Waals surface area contributed by atoms with Crippen LogP contribution < -0.4 is 9.47 Å². The first-order chi connectivity index (χ1) is 12.9. The molecule has 1 aliphatic rings. The van der Waals surface area contributed by atoms with Crippen molar-refractivity contribution in [2.24, 2.45) is 0 Å². The predicted molar refractivity (Wildman–Crippen MR) is 108 cm³/mol. The summed E-state index contributed by atoms with van der Waals surface area (Å²) in [6, 6.07) is 10.3. The van der Waals surface area contributed by atoms with E-state index in [2.05, 4.69) is 0 Å². The van der Waals surface area contributed by atoms with Crippen molar-refractivity contribution in [2.45, 2.75) is 6.54 Å². The zero-order chi connectivity index (χ0) is 19.6. The molecule has 2 amide bonds. The number of ether oxygens (including phenoxy) is 2. The number of amides is 2. The largest absolute Gasteiger partial charge is 0.493 e. The van der Waals surface area contributed by atoms with Gasteiger partial charge in [0.05, 0.1) is 30.7 Å². The van der Waals surface area contributed by atoms with Crippen molar-refractivity contribution in [2.75, 3.05) is 14.2 Å². The van der Waals surface area contributed by atoms with Gasteiger partial charge in [-0.1, -0.05) is 35.3 Å². The van der Waals surface area contributed by atoms with Crippen molar-refractivity contribution in [3.63, 3.8) is 0 Å². The molecule has 0 aliphatic carbocycles. The Morgan fingerprint density at radius 2 is 1.67 bits per heavy atom. The lowest BCUT2D eigenvalue weighted by molar-refractivity contribution is -0.123. The lowest BCUT2D eigenvalue weighted by atomic mass is 10.1. The summed E-state index contributed by atoms with van der Waals surface area (Å²) < 4.78 is 10.5. The molecule has 5 nitrogen and oxygen atoms in total. The Balaban J connectivity index is 1.87. The van der Waals surface area contributed by atoms with Gasteiger partial charge in [-0.2, -0.15) is 0 Å². The highest BCUT2D eigenvalue weighted by Crippen LogP contribution is 2.38. The number of hydrogen-bond acceptors (Lipinski definition) is 5. The van der Waals surface area contributed by atoms with Gasteiger partial charge in [0.2, 0.25) is 0 Å². The summed E-state index contributed by atoms with van der Waals surface area (Å²) in [7, 11) is 3.02. The molecular weight excluding hydrogens is 409 g/mol. The topological polar surface area (TPSA) is 55.8 Å². The molecule has 2 aromatic carbocycles. The first-order valence-corrected chi connectivity index (χ1v) is 9.41. The van der Waals surface area contributed by atoms with Crippen LogP contribution in [-0.4, -0.2) is 30.3 Å². The highest BCUT2D eigenvalue weighted by molar-refractivity contribution is 8.18. The van der Waals surface area contributed by atoms with Crippen LogP contribution in [0.25, 0.3) is 6.08 Å². The molecule has 0 bridgehead atoms. The van der Waals surface area contributed by atoms with Crippen LogP contribution in [0, 0.1) is 0 Å². The SMILES string of the molecule is COc1cc(Cl)c(/C=C2\SC(=O)N(Cc3ccc(Cl)cc3)C2=O)cc1OC. The Morgan fingerprint density at radius 1 is 1.04 bits per heavy atom. The van der Waals surface area contributed by atoms with E-state index in [0.29, 0.717) is 32.0 Å². The van der Waals surface area contributed by atoms with E-state index in [1.807, 2.05) is 0 Å². The minimum Gasteiger partial charge on any atom is -0.493 e. The molecule has 1 fully saturated rings. The fraction of sp³-hybridized carbons (Fsp3) is 0.158. The highest BCUT2D eigenvalue weighted by atomic mass is 35.5. The van der Waals surface area contributed by atoms with Crippen molar-refractivity contribution in [1.29, 1.82) is 0 Å². The summed E-state index contributed by atoms with van der Waals surface area (Å²) in [6.45, 7) is 0.179. The predicted octanol–water partition coefficient (Wildman–Crippen LogP) is 5.25. The Kier molecular flexibility index (Phi) is 5.99. The second kappa shape index (κ2) is 8.25. The van der Waals surface area contributed by atoms with Gasteiger partial charge in [-0.25, -0.2) is 0 Å². The molecule has 0 aromatic heterocycles. The van der Waals surface area contributed by atoms with Crippen LogP contribution in [0.5, 0.6) is 11.5 Å². The summed E-state index contributed by atoms with van der Waals surface area (Å²) in [5.41, 5.74) is 1.37. The van der Waals surface area contributed by atoms with E-state index in [1.165, 1.54) is 19.1 Å². The highest BCUT2D eigenvalue weighted by Gasteiger charge is 2.35. The summed E-state index contributed by atoms with van der Waals surface area (Å²) >= 11 is 13.0. The monoisotopic (exact) mass is 423 g/mol. The van der Waals surface area contributed by atoms with E-state index in [9.17, 15) is 9.59 Å². The lowest BCUT2D eigenvalue weighted by Crippen LogP contribution is -2.27. The van der Waals surface area contributed by atoms with Gasteiger partial charge < -0.3 is 9.47 Å². The van der Waals surface area contributed by atoms with E-state index >= 15 is 0 Å². The molecule has 0 N–H and O–H groups in total. The van der Waals surface area contributed by atoms with E-state index in [4.69, 9.17) is 32.7 Å². The number of nitrogens with zero attached hydrogens (tertiary/aromatic N) is 1. The third-order valence-electron chi connectivity index (χ3n) is 3.92. The minimum atomic E-state index is -0.370. The van der Waals surface area contributed by atoms with E-state index in [0.717, 1.165) is 17.3 Å². The van der Waals surface area contributed by atoms with E-state index in [-0.39, 0.29) is 17.7 Å². The minimum absolute atomic E-state index is 0.179. The molecule has 0 radical (unpaired) electrons. The molecule has 2 aromatic rings. The number of carbonyl (C=O) groups is 2. The Bertz CT molecular complexity index is 928. The van der Waals surface area contributed by atoms with Crippen molar-refractivity contribution >= 4 is 52.2 Å². The van der Waals surface area contributed by atoms with Crippen molar-refractivity contribution in [3.05, 3.63) is 62.5 Å². The van der Waals surface area contributed by atoms with Gasteiger partial charge in [-0.15, -0.1) is 0 Å². The normalized spacial score (nSPS) is 15.6. The molecule has 0 saturated carbocycles. The summed E-state index contributed by atoms with van der Waals surface area (Å²) in [4.78, 5) is 26.4. The second-order valence-corrected chi connectivity index (χ2v) is 7.46. The van der Waals surface area contributed by atoms with Crippen LogP contribution in [0.3, 0.4) is 0 Å². The molecule has 3 rings (SSSR count). The van der Waals surface area contributed by atoms with Gasteiger partial charge >= 0.3 is 0 Å². The van der Waals surface area contributed by atoms with E-state index < -0.39 is 0 Å². The summed E-state index contributed by atoms with van der Waals surface area (Å²) in [6.07, 6.45) is 1.58. The Labute approximate surface area is 170 Å². The third kappa shape index (κ3) is 4.24. The maximum Gasteiger partial charge on any atom is 0.293 e. The molecule has 1 aliphatic heterocycles. The average Bonchev–Trinajstić information content (AvgIpc) is 2.92.